The van der Waals surface area contributed by atoms with Gasteiger partial charge in [-0.15, -0.1) is 0 Å². The van der Waals surface area contributed by atoms with Gasteiger partial charge in [0.2, 0.25) is 5.91 Å². The first-order valence-electron chi connectivity index (χ1n) is 8.27. The van der Waals surface area contributed by atoms with Crippen molar-refractivity contribution in [3.05, 3.63) is 47.0 Å². The molecular formula is C18H21FN4O2. The molecule has 1 aromatic carbocycles. The highest BCUT2D eigenvalue weighted by Crippen LogP contribution is 2.24. The molecule has 1 fully saturated rings. The van der Waals surface area contributed by atoms with Gasteiger partial charge >= 0.3 is 0 Å². The van der Waals surface area contributed by atoms with Crippen molar-refractivity contribution in [2.75, 3.05) is 11.4 Å². The minimum atomic E-state index is -0.608. The number of carbonyl (C=O) groups is 2. The molecule has 0 saturated carbocycles. The van der Waals surface area contributed by atoms with E-state index in [0.29, 0.717) is 18.7 Å². The third-order valence-corrected chi connectivity index (χ3v) is 4.45. The van der Waals surface area contributed by atoms with Crippen LogP contribution in [0, 0.1) is 12.7 Å². The highest BCUT2D eigenvalue weighted by atomic mass is 19.1. The number of nitrogens with zero attached hydrogens (tertiary/aromatic N) is 3. The molecule has 1 N–H and O–H groups in total. The van der Waals surface area contributed by atoms with Gasteiger partial charge in [-0.25, -0.2) is 4.39 Å². The van der Waals surface area contributed by atoms with Gasteiger partial charge in [-0.1, -0.05) is 0 Å². The van der Waals surface area contributed by atoms with Crippen molar-refractivity contribution in [1.29, 1.82) is 0 Å². The molecule has 0 bridgehead atoms. The predicted molar refractivity (Wildman–Crippen MR) is 91.8 cm³/mol. The van der Waals surface area contributed by atoms with Crippen LogP contribution in [0.5, 0.6) is 0 Å². The van der Waals surface area contributed by atoms with E-state index in [0.717, 1.165) is 17.7 Å². The summed E-state index contributed by atoms with van der Waals surface area (Å²) in [5, 5.41) is 7.05. The highest BCUT2D eigenvalue weighted by molar-refractivity contribution is 5.99. The minimum Gasteiger partial charge on any atom is -0.345 e. The Bertz CT molecular complexity index is 830. The summed E-state index contributed by atoms with van der Waals surface area (Å²) in [6.45, 7) is 4.28. The number of carbonyl (C=O) groups excluding carboxylic acids is 2. The summed E-state index contributed by atoms with van der Waals surface area (Å²) in [7, 11) is 1.81. The molecular weight excluding hydrogens is 323 g/mol. The second-order valence-corrected chi connectivity index (χ2v) is 6.35. The molecule has 1 aliphatic rings. The molecule has 25 heavy (non-hydrogen) atoms. The monoisotopic (exact) mass is 344 g/mol. The summed E-state index contributed by atoms with van der Waals surface area (Å²) in [6.07, 6.45) is 3.08. The third-order valence-electron chi connectivity index (χ3n) is 4.45. The van der Waals surface area contributed by atoms with E-state index in [9.17, 15) is 14.0 Å². The minimum absolute atomic E-state index is 0.00248. The number of aryl methyl sites for hydroxylation is 2. The maximum Gasteiger partial charge on any atom is 0.254 e. The van der Waals surface area contributed by atoms with Gasteiger partial charge in [0.05, 0.1) is 17.3 Å². The number of anilines is 1. The second-order valence-electron chi connectivity index (χ2n) is 6.35. The number of rotatable bonds is 4. The number of nitrogens with one attached hydrogen (secondary N) is 1. The highest BCUT2D eigenvalue weighted by Gasteiger charge is 2.24. The van der Waals surface area contributed by atoms with E-state index < -0.39 is 11.7 Å². The van der Waals surface area contributed by atoms with Crippen LogP contribution in [0.2, 0.25) is 0 Å². The fraction of sp³-hybridized carbons (Fsp3) is 0.389. The van der Waals surface area contributed by atoms with E-state index in [-0.39, 0.29) is 17.5 Å². The van der Waals surface area contributed by atoms with E-state index in [1.807, 2.05) is 20.0 Å². The number of amides is 2. The Kier molecular flexibility index (Phi) is 4.57. The fourth-order valence-electron chi connectivity index (χ4n) is 3.17. The molecule has 1 saturated heterocycles. The summed E-state index contributed by atoms with van der Waals surface area (Å²) in [4.78, 5) is 26.0. The lowest BCUT2D eigenvalue weighted by molar-refractivity contribution is -0.117. The molecule has 2 aromatic rings. The van der Waals surface area contributed by atoms with Crippen LogP contribution in [0.15, 0.2) is 24.4 Å². The molecule has 132 valence electrons. The Balaban J connectivity index is 1.81. The largest absolute Gasteiger partial charge is 0.345 e. The first kappa shape index (κ1) is 17.1. The topological polar surface area (TPSA) is 67.2 Å². The van der Waals surface area contributed by atoms with E-state index in [1.54, 1.807) is 16.6 Å². The van der Waals surface area contributed by atoms with Crippen LogP contribution in [-0.2, 0) is 11.8 Å². The molecule has 1 aliphatic heterocycles. The average Bonchev–Trinajstić information content (AvgIpc) is 3.12. The van der Waals surface area contributed by atoms with Crippen molar-refractivity contribution < 1.29 is 14.0 Å². The predicted octanol–water partition coefficient (Wildman–Crippen LogP) is 2.49. The SMILES string of the molecule is Cc1nn(C)cc1C(C)NC(=O)c1cc(N2CCCC2=O)ccc1F. The Morgan fingerprint density at radius 3 is 2.76 bits per heavy atom. The van der Waals surface area contributed by atoms with Gasteiger partial charge in [-0.05, 0) is 38.5 Å². The standard InChI is InChI=1S/C18H21FN4O2/c1-11(15-10-22(3)21-12(15)2)20-18(25)14-9-13(6-7-16(14)19)23-8-4-5-17(23)24/h6-7,9-11H,4-5,8H2,1-3H3,(H,20,25). The van der Waals surface area contributed by atoms with Crippen molar-refractivity contribution in [2.45, 2.75) is 32.7 Å². The number of hydrogen-bond acceptors (Lipinski definition) is 3. The van der Waals surface area contributed by atoms with Crippen molar-refractivity contribution >= 4 is 17.5 Å². The van der Waals surface area contributed by atoms with Crippen molar-refractivity contribution in [1.82, 2.24) is 15.1 Å². The lowest BCUT2D eigenvalue weighted by Gasteiger charge is -2.18. The van der Waals surface area contributed by atoms with Gasteiger partial charge in [-0.3, -0.25) is 14.3 Å². The Morgan fingerprint density at radius 2 is 2.16 bits per heavy atom. The molecule has 1 aromatic heterocycles. The van der Waals surface area contributed by atoms with Gasteiger partial charge in [0.1, 0.15) is 5.82 Å². The van der Waals surface area contributed by atoms with E-state index in [2.05, 4.69) is 10.4 Å². The molecule has 2 amide bonds. The smallest absolute Gasteiger partial charge is 0.254 e. The molecule has 0 spiro atoms. The maximum atomic E-state index is 14.2. The molecule has 0 radical (unpaired) electrons. The van der Waals surface area contributed by atoms with Crippen LogP contribution in [0.4, 0.5) is 10.1 Å². The zero-order chi connectivity index (χ0) is 18.1. The molecule has 6 nitrogen and oxygen atoms in total. The van der Waals surface area contributed by atoms with Crippen LogP contribution >= 0.6 is 0 Å². The molecule has 7 heteroatoms. The Morgan fingerprint density at radius 1 is 1.40 bits per heavy atom. The summed E-state index contributed by atoms with van der Waals surface area (Å²) in [5.41, 5.74) is 2.18. The van der Waals surface area contributed by atoms with Crippen LogP contribution < -0.4 is 10.2 Å². The third kappa shape index (κ3) is 3.40. The van der Waals surface area contributed by atoms with Crippen LogP contribution in [0.3, 0.4) is 0 Å². The van der Waals surface area contributed by atoms with E-state index in [1.165, 1.54) is 18.2 Å². The van der Waals surface area contributed by atoms with Gasteiger partial charge in [0.15, 0.2) is 0 Å². The number of hydrogen-bond donors (Lipinski definition) is 1. The number of benzene rings is 1. The molecule has 0 aliphatic carbocycles. The number of halogens is 1. The van der Waals surface area contributed by atoms with E-state index in [4.69, 9.17) is 0 Å². The molecule has 1 unspecified atom stereocenters. The number of aromatic nitrogens is 2. The van der Waals surface area contributed by atoms with Gasteiger partial charge < -0.3 is 10.2 Å². The lowest BCUT2D eigenvalue weighted by atomic mass is 10.1. The first-order chi connectivity index (χ1) is 11.9. The van der Waals surface area contributed by atoms with Crippen LogP contribution in [-0.4, -0.2) is 28.1 Å². The first-order valence-corrected chi connectivity index (χ1v) is 8.27. The van der Waals surface area contributed by atoms with Crippen molar-refractivity contribution in [2.24, 2.45) is 7.05 Å². The van der Waals surface area contributed by atoms with Crippen molar-refractivity contribution in [3.8, 4) is 0 Å². The zero-order valence-corrected chi connectivity index (χ0v) is 14.5. The molecule has 2 heterocycles. The van der Waals surface area contributed by atoms with E-state index >= 15 is 0 Å². The normalized spacial score (nSPS) is 15.5. The Hall–Kier alpha value is -2.70. The summed E-state index contributed by atoms with van der Waals surface area (Å²) < 4.78 is 15.8. The van der Waals surface area contributed by atoms with Gasteiger partial charge in [0, 0.05) is 37.5 Å². The van der Waals surface area contributed by atoms with Crippen molar-refractivity contribution in [3.63, 3.8) is 0 Å². The molecule has 1 atom stereocenters. The van der Waals surface area contributed by atoms with Gasteiger partial charge in [-0.2, -0.15) is 5.10 Å². The maximum absolute atomic E-state index is 14.2. The Labute approximate surface area is 145 Å². The summed E-state index contributed by atoms with van der Waals surface area (Å²) in [6, 6.07) is 3.90. The van der Waals surface area contributed by atoms with Crippen LogP contribution in [0.1, 0.15) is 47.4 Å². The average molecular weight is 344 g/mol. The fourth-order valence-corrected chi connectivity index (χ4v) is 3.17. The summed E-state index contributed by atoms with van der Waals surface area (Å²) in [5.74, 6) is -1.12. The quantitative estimate of drug-likeness (QED) is 0.927. The zero-order valence-electron chi connectivity index (χ0n) is 14.5. The molecule has 3 rings (SSSR count). The lowest BCUT2D eigenvalue weighted by Crippen LogP contribution is -2.29. The van der Waals surface area contributed by atoms with Gasteiger partial charge in [0.25, 0.3) is 5.91 Å². The second kappa shape index (κ2) is 6.66. The van der Waals surface area contributed by atoms with Crippen LogP contribution in [0.25, 0.3) is 0 Å². The summed E-state index contributed by atoms with van der Waals surface area (Å²) >= 11 is 0.